The number of pyridine rings is 2. The van der Waals surface area contributed by atoms with Crippen LogP contribution in [0.3, 0.4) is 0 Å². The third kappa shape index (κ3) is 4.91. The van der Waals surface area contributed by atoms with Crippen LogP contribution in [0.5, 0.6) is 0 Å². The van der Waals surface area contributed by atoms with Gasteiger partial charge in [-0.3, -0.25) is 4.79 Å². The SMILES string of the molecule is Cc1cn2cc(C(=O)NC3CCC[C@H](Nc4cc(C(F)(F)F)nc5ccc(F)cc45)C3)ccc2n1. The average molecular weight is 485 g/mol. The van der Waals surface area contributed by atoms with E-state index in [0.29, 0.717) is 18.4 Å². The minimum atomic E-state index is -4.63. The van der Waals surface area contributed by atoms with Gasteiger partial charge in [-0.05, 0) is 69.0 Å². The number of nitrogens with zero attached hydrogens (tertiary/aromatic N) is 3. The highest BCUT2D eigenvalue weighted by atomic mass is 19.4. The van der Waals surface area contributed by atoms with Gasteiger partial charge in [-0.15, -0.1) is 0 Å². The van der Waals surface area contributed by atoms with Gasteiger partial charge < -0.3 is 15.0 Å². The van der Waals surface area contributed by atoms with Crippen LogP contribution in [0.4, 0.5) is 23.2 Å². The van der Waals surface area contributed by atoms with Gasteiger partial charge in [0.25, 0.3) is 5.91 Å². The number of carbonyl (C=O) groups is 1. The Morgan fingerprint density at radius 3 is 2.66 bits per heavy atom. The molecule has 0 bridgehead atoms. The molecule has 1 aliphatic rings. The van der Waals surface area contributed by atoms with E-state index in [1.54, 1.807) is 22.7 Å². The van der Waals surface area contributed by atoms with Crippen molar-refractivity contribution in [2.24, 2.45) is 0 Å². The number of aryl methyl sites for hydroxylation is 1. The fraction of sp³-hybridized carbons (Fsp3) is 0.320. The molecule has 4 aromatic rings. The van der Waals surface area contributed by atoms with Gasteiger partial charge in [0.15, 0.2) is 0 Å². The zero-order valence-electron chi connectivity index (χ0n) is 18.9. The molecule has 6 nitrogen and oxygen atoms in total. The van der Waals surface area contributed by atoms with E-state index in [1.165, 1.54) is 12.1 Å². The second-order valence-electron chi connectivity index (χ2n) is 8.96. The summed E-state index contributed by atoms with van der Waals surface area (Å²) in [5.41, 5.74) is 1.30. The number of amides is 1. The highest BCUT2D eigenvalue weighted by molar-refractivity contribution is 5.94. The van der Waals surface area contributed by atoms with E-state index >= 15 is 0 Å². The monoisotopic (exact) mass is 485 g/mol. The maximum atomic E-state index is 13.9. The van der Waals surface area contributed by atoms with Crippen molar-refractivity contribution < 1.29 is 22.4 Å². The normalized spacial score (nSPS) is 18.7. The predicted octanol–water partition coefficient (Wildman–Crippen LogP) is 5.50. The average Bonchev–Trinajstić information content (AvgIpc) is 3.18. The van der Waals surface area contributed by atoms with E-state index in [-0.39, 0.29) is 34.6 Å². The van der Waals surface area contributed by atoms with Crippen molar-refractivity contribution in [2.45, 2.75) is 50.9 Å². The number of halogens is 4. The number of hydrogen-bond donors (Lipinski definition) is 2. The lowest BCUT2D eigenvalue weighted by Crippen LogP contribution is -2.41. The summed E-state index contributed by atoms with van der Waals surface area (Å²) in [6.45, 7) is 1.87. The Balaban J connectivity index is 1.33. The van der Waals surface area contributed by atoms with Gasteiger partial charge in [-0.25, -0.2) is 14.4 Å². The zero-order chi connectivity index (χ0) is 24.7. The number of fused-ring (bicyclic) bond motifs is 2. The van der Waals surface area contributed by atoms with Gasteiger partial charge in [0.05, 0.1) is 16.8 Å². The van der Waals surface area contributed by atoms with Crippen molar-refractivity contribution in [1.29, 1.82) is 0 Å². The van der Waals surface area contributed by atoms with Crippen LogP contribution in [0.1, 0.15) is 47.4 Å². The number of carbonyl (C=O) groups excluding carboxylic acids is 1. The number of nitrogens with one attached hydrogen (secondary N) is 2. The summed E-state index contributed by atoms with van der Waals surface area (Å²) in [5.74, 6) is -0.777. The van der Waals surface area contributed by atoms with Crippen molar-refractivity contribution in [3.8, 4) is 0 Å². The zero-order valence-corrected chi connectivity index (χ0v) is 18.9. The Kier molecular flexibility index (Phi) is 5.82. The van der Waals surface area contributed by atoms with Crippen LogP contribution in [-0.2, 0) is 6.18 Å². The molecule has 35 heavy (non-hydrogen) atoms. The van der Waals surface area contributed by atoms with Crippen LogP contribution in [0.25, 0.3) is 16.6 Å². The van der Waals surface area contributed by atoms with E-state index in [2.05, 4.69) is 20.6 Å². The molecular weight excluding hydrogens is 462 g/mol. The predicted molar refractivity (Wildman–Crippen MR) is 124 cm³/mol. The quantitative estimate of drug-likeness (QED) is 0.375. The molecule has 0 saturated heterocycles. The highest BCUT2D eigenvalue weighted by Gasteiger charge is 2.34. The Labute approximate surface area is 198 Å². The van der Waals surface area contributed by atoms with Crippen LogP contribution in [0.2, 0.25) is 0 Å². The topological polar surface area (TPSA) is 71.3 Å². The third-order valence-corrected chi connectivity index (χ3v) is 6.26. The lowest BCUT2D eigenvalue weighted by Gasteiger charge is -2.31. The molecule has 0 radical (unpaired) electrons. The summed E-state index contributed by atoms with van der Waals surface area (Å²) in [5, 5.41) is 6.49. The molecule has 1 unspecified atom stereocenters. The number of hydrogen-bond acceptors (Lipinski definition) is 4. The Bertz CT molecular complexity index is 1410. The van der Waals surface area contributed by atoms with Gasteiger partial charge >= 0.3 is 6.18 Å². The van der Waals surface area contributed by atoms with E-state index in [9.17, 15) is 22.4 Å². The van der Waals surface area contributed by atoms with Gasteiger partial charge in [0.2, 0.25) is 0 Å². The first-order valence-electron chi connectivity index (χ1n) is 11.4. The van der Waals surface area contributed by atoms with Crippen LogP contribution >= 0.6 is 0 Å². The first kappa shape index (κ1) is 23.1. The summed E-state index contributed by atoms with van der Waals surface area (Å²) in [4.78, 5) is 20.9. The molecule has 2 N–H and O–H groups in total. The molecule has 5 rings (SSSR count). The molecule has 3 heterocycles. The molecule has 1 aliphatic carbocycles. The molecule has 3 aromatic heterocycles. The summed E-state index contributed by atoms with van der Waals surface area (Å²) in [7, 11) is 0. The summed E-state index contributed by atoms with van der Waals surface area (Å²) >= 11 is 0. The molecule has 1 saturated carbocycles. The Morgan fingerprint density at radius 2 is 1.86 bits per heavy atom. The van der Waals surface area contributed by atoms with Crippen LogP contribution in [0.15, 0.2) is 48.8 Å². The van der Waals surface area contributed by atoms with Gasteiger partial charge in [-0.2, -0.15) is 13.2 Å². The second-order valence-corrected chi connectivity index (χ2v) is 8.96. The molecule has 1 fully saturated rings. The lowest BCUT2D eigenvalue weighted by atomic mass is 9.90. The summed E-state index contributed by atoms with van der Waals surface area (Å²) in [6.07, 6.45) is 1.72. The van der Waals surface area contributed by atoms with Crippen LogP contribution in [-0.4, -0.2) is 32.4 Å². The van der Waals surface area contributed by atoms with Crippen molar-refractivity contribution in [2.75, 3.05) is 5.32 Å². The molecule has 0 spiro atoms. The molecule has 1 amide bonds. The maximum Gasteiger partial charge on any atom is 0.433 e. The standard InChI is InChI=1S/C25H23F4N5O/c1-14-12-34-13-15(5-8-23(34)30-14)24(35)32-18-4-2-3-17(10-18)31-21-11-22(25(27,28)29)33-20-7-6-16(26)9-19(20)21/h5-9,11-13,17-18H,2-4,10H2,1H3,(H,31,33)(H,32,35)/t17-,18?/m0/s1. The number of anilines is 1. The van der Waals surface area contributed by atoms with Gasteiger partial charge in [0, 0.05) is 35.6 Å². The fourth-order valence-electron chi connectivity index (χ4n) is 4.66. The smallest absolute Gasteiger partial charge is 0.382 e. The first-order valence-corrected chi connectivity index (χ1v) is 11.4. The van der Waals surface area contributed by atoms with E-state index in [0.717, 1.165) is 36.3 Å². The van der Waals surface area contributed by atoms with Crippen molar-refractivity contribution in [1.82, 2.24) is 19.7 Å². The van der Waals surface area contributed by atoms with Crippen molar-refractivity contribution in [3.05, 3.63) is 71.6 Å². The largest absolute Gasteiger partial charge is 0.433 e. The number of rotatable bonds is 4. The minimum Gasteiger partial charge on any atom is -0.382 e. The van der Waals surface area contributed by atoms with Crippen LogP contribution in [0, 0.1) is 12.7 Å². The van der Waals surface area contributed by atoms with E-state index < -0.39 is 17.7 Å². The Hall–Kier alpha value is -3.69. The number of imidazole rings is 1. The third-order valence-electron chi connectivity index (χ3n) is 6.26. The fourth-order valence-corrected chi connectivity index (χ4v) is 4.66. The number of aromatic nitrogens is 3. The molecule has 2 atom stereocenters. The minimum absolute atomic E-state index is 0.0644. The van der Waals surface area contributed by atoms with Crippen molar-refractivity contribution in [3.63, 3.8) is 0 Å². The molecule has 0 aliphatic heterocycles. The molecule has 10 heteroatoms. The number of alkyl halides is 3. The summed E-state index contributed by atoms with van der Waals surface area (Å²) in [6, 6.07) is 7.59. The summed E-state index contributed by atoms with van der Waals surface area (Å²) < 4.78 is 55.9. The van der Waals surface area contributed by atoms with Crippen molar-refractivity contribution >= 4 is 28.1 Å². The Morgan fingerprint density at radius 1 is 1.06 bits per heavy atom. The number of benzene rings is 1. The molecular formula is C25H23F4N5O. The first-order chi connectivity index (χ1) is 16.7. The highest BCUT2D eigenvalue weighted by Crippen LogP contribution is 2.34. The second kappa shape index (κ2) is 8.83. The van der Waals surface area contributed by atoms with Crippen LogP contribution < -0.4 is 10.6 Å². The molecule has 182 valence electrons. The van der Waals surface area contributed by atoms with E-state index in [4.69, 9.17) is 0 Å². The van der Waals surface area contributed by atoms with E-state index in [1.807, 2.05) is 13.1 Å². The maximum absolute atomic E-state index is 13.9. The molecule has 1 aromatic carbocycles. The van der Waals surface area contributed by atoms with Gasteiger partial charge in [-0.1, -0.05) is 0 Å². The van der Waals surface area contributed by atoms with Gasteiger partial charge in [0.1, 0.15) is 17.2 Å². The lowest BCUT2D eigenvalue weighted by molar-refractivity contribution is -0.140.